The van der Waals surface area contributed by atoms with Crippen LogP contribution in [0.3, 0.4) is 0 Å². The second kappa shape index (κ2) is 6.47. The van der Waals surface area contributed by atoms with Crippen LogP contribution in [0, 0.1) is 0 Å². The summed E-state index contributed by atoms with van der Waals surface area (Å²) in [6.45, 7) is 0. The van der Waals surface area contributed by atoms with Crippen molar-refractivity contribution in [3.8, 4) is 0 Å². The highest BCUT2D eigenvalue weighted by Gasteiger charge is 2.08. The van der Waals surface area contributed by atoms with Crippen LogP contribution in [0.15, 0.2) is 66.0 Å². The first-order valence-electron chi connectivity index (χ1n) is 8.53. The van der Waals surface area contributed by atoms with Crippen molar-refractivity contribution >= 4 is 55.5 Å². The van der Waals surface area contributed by atoms with Crippen molar-refractivity contribution in [1.82, 2.24) is 29.9 Å². The van der Waals surface area contributed by atoms with Gasteiger partial charge in [0.15, 0.2) is 0 Å². The number of rotatable bonds is 0. The van der Waals surface area contributed by atoms with Gasteiger partial charge in [0.05, 0.1) is 17.1 Å². The van der Waals surface area contributed by atoms with E-state index in [4.69, 9.17) is 11.6 Å². The van der Waals surface area contributed by atoms with Crippen molar-refractivity contribution < 1.29 is 0 Å². The quantitative estimate of drug-likeness (QED) is 0.340. The molecule has 0 spiro atoms. The van der Waals surface area contributed by atoms with Gasteiger partial charge in [0.1, 0.15) is 22.8 Å². The van der Waals surface area contributed by atoms with Gasteiger partial charge in [-0.05, 0) is 12.1 Å². The van der Waals surface area contributed by atoms with Crippen LogP contribution in [0.5, 0.6) is 0 Å². The number of hydrogen-bond donors (Lipinski definition) is 3. The minimum absolute atomic E-state index is 0.104. The monoisotopic (exact) mass is 388 g/mol. The molecule has 0 fully saturated rings. The summed E-state index contributed by atoms with van der Waals surface area (Å²) in [7, 11) is 0. The van der Waals surface area contributed by atoms with Crippen molar-refractivity contribution in [2.24, 2.45) is 0 Å². The molecule has 0 bridgehead atoms. The van der Waals surface area contributed by atoms with E-state index in [1.54, 1.807) is 0 Å². The van der Waals surface area contributed by atoms with Gasteiger partial charge in [-0.2, -0.15) is 0 Å². The lowest BCUT2D eigenvalue weighted by atomic mass is 10.2. The fraction of sp³-hybridized carbons (Fsp3) is 0. The molecular weight excluding hydrogens is 376 g/mol. The summed E-state index contributed by atoms with van der Waals surface area (Å²) in [4.78, 5) is 32.5. The van der Waals surface area contributed by atoms with Crippen molar-refractivity contribution in [2.45, 2.75) is 0 Å². The van der Waals surface area contributed by atoms with Gasteiger partial charge in [0.2, 0.25) is 0 Å². The Morgan fingerprint density at radius 3 is 2.07 bits per heavy atom. The third-order valence-electron chi connectivity index (χ3n) is 4.55. The SMILES string of the molecule is Clc1ncnc2[nH]c3ccccc3c12.O=c1[nH]cnc2[nH]c3ccccc3c12. The minimum atomic E-state index is -0.104. The summed E-state index contributed by atoms with van der Waals surface area (Å²) in [5.74, 6) is 0. The molecule has 136 valence electrons. The van der Waals surface area contributed by atoms with Crippen molar-refractivity contribution in [1.29, 1.82) is 0 Å². The van der Waals surface area contributed by atoms with Crippen LogP contribution < -0.4 is 5.56 Å². The summed E-state index contributed by atoms with van der Waals surface area (Å²) < 4.78 is 0. The van der Waals surface area contributed by atoms with Crippen LogP contribution in [0.4, 0.5) is 0 Å². The molecule has 0 atom stereocenters. The highest BCUT2D eigenvalue weighted by Crippen LogP contribution is 2.27. The number of nitrogens with zero attached hydrogens (tertiary/aromatic N) is 3. The molecule has 0 radical (unpaired) electrons. The Bertz CT molecular complexity index is 1510. The normalized spacial score (nSPS) is 11.2. The summed E-state index contributed by atoms with van der Waals surface area (Å²) in [5, 5.41) is 3.99. The number of H-pyrrole nitrogens is 3. The van der Waals surface area contributed by atoms with Crippen LogP contribution in [-0.4, -0.2) is 29.9 Å². The van der Waals surface area contributed by atoms with Crippen LogP contribution >= 0.6 is 11.6 Å². The van der Waals surface area contributed by atoms with E-state index in [-0.39, 0.29) is 5.56 Å². The van der Waals surface area contributed by atoms with E-state index in [0.717, 1.165) is 32.8 Å². The van der Waals surface area contributed by atoms with E-state index in [1.807, 2.05) is 48.5 Å². The van der Waals surface area contributed by atoms with Crippen LogP contribution in [0.1, 0.15) is 0 Å². The number of para-hydroxylation sites is 2. The van der Waals surface area contributed by atoms with Gasteiger partial charge < -0.3 is 15.0 Å². The number of hydrogen-bond acceptors (Lipinski definition) is 4. The molecule has 3 N–H and O–H groups in total. The molecule has 8 heteroatoms. The summed E-state index contributed by atoms with van der Waals surface area (Å²) in [5.41, 5.74) is 3.28. The highest BCUT2D eigenvalue weighted by molar-refractivity contribution is 6.36. The summed E-state index contributed by atoms with van der Waals surface area (Å²) >= 11 is 6.01. The largest absolute Gasteiger partial charge is 0.339 e. The zero-order chi connectivity index (χ0) is 19.1. The molecule has 6 aromatic rings. The fourth-order valence-electron chi connectivity index (χ4n) is 3.32. The number of benzene rings is 2. The zero-order valence-electron chi connectivity index (χ0n) is 14.4. The number of nitrogens with one attached hydrogen (secondary N) is 3. The molecule has 0 aliphatic rings. The van der Waals surface area contributed by atoms with E-state index in [0.29, 0.717) is 16.2 Å². The molecule has 28 heavy (non-hydrogen) atoms. The van der Waals surface area contributed by atoms with Crippen molar-refractivity contribution in [3.05, 3.63) is 76.7 Å². The standard InChI is InChI=1S/C10H6ClN3.C10H7N3O/c11-9-8-6-3-1-2-4-7(6)14-10(8)13-5-12-9;14-10-8-6-3-1-2-4-7(6)13-9(8)11-5-12-10/h1-5H,(H,12,13,14);1-5H,(H2,11,12,13,14). The third kappa shape index (κ3) is 2.60. The van der Waals surface area contributed by atoms with E-state index in [9.17, 15) is 4.79 Å². The maximum atomic E-state index is 11.5. The van der Waals surface area contributed by atoms with E-state index < -0.39 is 0 Å². The predicted molar refractivity (Wildman–Crippen MR) is 111 cm³/mol. The topological polar surface area (TPSA) is 103 Å². The Kier molecular flexibility index (Phi) is 3.80. The molecule has 0 aliphatic carbocycles. The van der Waals surface area contributed by atoms with Crippen LogP contribution in [0.2, 0.25) is 5.15 Å². The van der Waals surface area contributed by atoms with E-state index in [1.165, 1.54) is 12.7 Å². The van der Waals surface area contributed by atoms with Gasteiger partial charge in [0, 0.05) is 21.8 Å². The lowest BCUT2D eigenvalue weighted by molar-refractivity contribution is 1.16. The van der Waals surface area contributed by atoms with Gasteiger partial charge in [-0.3, -0.25) is 4.79 Å². The molecular formula is C20H13ClN6O. The predicted octanol–water partition coefficient (Wildman–Crippen LogP) is 4.17. The maximum Gasteiger partial charge on any atom is 0.260 e. The molecule has 7 nitrogen and oxygen atoms in total. The molecule has 0 saturated carbocycles. The van der Waals surface area contributed by atoms with Gasteiger partial charge in [-0.1, -0.05) is 48.0 Å². The van der Waals surface area contributed by atoms with Gasteiger partial charge in [-0.25, -0.2) is 15.0 Å². The summed E-state index contributed by atoms with van der Waals surface area (Å²) in [6.07, 6.45) is 2.86. The average Bonchev–Trinajstić information content (AvgIpc) is 3.28. The lowest BCUT2D eigenvalue weighted by Crippen LogP contribution is -2.04. The highest BCUT2D eigenvalue weighted by atomic mass is 35.5. The van der Waals surface area contributed by atoms with Crippen molar-refractivity contribution in [2.75, 3.05) is 0 Å². The molecule has 0 saturated heterocycles. The Labute approximate surface area is 162 Å². The second-order valence-electron chi connectivity index (χ2n) is 6.18. The number of halogens is 1. The van der Waals surface area contributed by atoms with Crippen LogP contribution in [-0.2, 0) is 0 Å². The van der Waals surface area contributed by atoms with Crippen molar-refractivity contribution in [3.63, 3.8) is 0 Å². The molecule has 0 unspecified atom stereocenters. The Hall–Kier alpha value is -3.71. The third-order valence-corrected chi connectivity index (χ3v) is 4.84. The van der Waals surface area contributed by atoms with Gasteiger partial charge in [0.25, 0.3) is 5.56 Å². The maximum absolute atomic E-state index is 11.5. The first kappa shape index (κ1) is 16.5. The Morgan fingerprint density at radius 1 is 0.750 bits per heavy atom. The molecule has 2 aromatic carbocycles. The average molecular weight is 389 g/mol. The molecule has 6 rings (SSSR count). The fourth-order valence-corrected chi connectivity index (χ4v) is 3.55. The lowest BCUT2D eigenvalue weighted by Gasteiger charge is -1.91. The summed E-state index contributed by atoms with van der Waals surface area (Å²) in [6, 6.07) is 15.6. The molecule has 0 amide bonds. The minimum Gasteiger partial charge on any atom is -0.339 e. The Balaban J connectivity index is 0.000000122. The number of aromatic amines is 3. The smallest absolute Gasteiger partial charge is 0.260 e. The van der Waals surface area contributed by atoms with Crippen LogP contribution in [0.25, 0.3) is 43.9 Å². The molecule has 4 aromatic heterocycles. The van der Waals surface area contributed by atoms with Gasteiger partial charge in [-0.15, -0.1) is 0 Å². The van der Waals surface area contributed by atoms with E-state index >= 15 is 0 Å². The van der Waals surface area contributed by atoms with Gasteiger partial charge >= 0.3 is 0 Å². The first-order chi connectivity index (χ1) is 13.7. The molecule has 0 aliphatic heterocycles. The number of fused-ring (bicyclic) bond motifs is 6. The molecule has 4 heterocycles. The zero-order valence-corrected chi connectivity index (χ0v) is 15.2. The first-order valence-corrected chi connectivity index (χ1v) is 8.91. The van der Waals surface area contributed by atoms with E-state index in [2.05, 4.69) is 29.9 Å². The number of aromatic nitrogens is 6. The second-order valence-corrected chi connectivity index (χ2v) is 6.54. The Morgan fingerprint density at radius 2 is 1.36 bits per heavy atom.